The molecule has 1 aromatic heterocycles. The van der Waals surface area contributed by atoms with Crippen LogP contribution in [-0.4, -0.2) is 14.5 Å². The van der Waals surface area contributed by atoms with Crippen molar-refractivity contribution in [3.05, 3.63) is 33.6 Å². The quantitative estimate of drug-likeness (QED) is 0.543. The van der Waals surface area contributed by atoms with Crippen molar-refractivity contribution in [3.8, 4) is 0 Å². The van der Waals surface area contributed by atoms with Gasteiger partial charge < -0.3 is 4.57 Å². The van der Waals surface area contributed by atoms with Gasteiger partial charge in [-0.2, -0.15) is 0 Å². The Morgan fingerprint density at radius 1 is 1.56 bits per heavy atom. The van der Waals surface area contributed by atoms with E-state index < -0.39 is 0 Å². The monoisotopic (exact) mass is 217 g/mol. The number of nitrogens with zero attached hydrogens (tertiary/aromatic N) is 3. The van der Waals surface area contributed by atoms with Crippen molar-refractivity contribution in [2.45, 2.75) is 26.3 Å². The van der Waals surface area contributed by atoms with Crippen LogP contribution in [0.15, 0.2) is 12.4 Å². The predicted octanol–water partition coefficient (Wildman–Crippen LogP) is 2.20. The van der Waals surface area contributed by atoms with E-state index in [-0.39, 0.29) is 10.6 Å². The largest absolute Gasteiger partial charge is 0.330 e. The van der Waals surface area contributed by atoms with Gasteiger partial charge in [0.2, 0.25) is 0 Å². The molecule has 1 aliphatic rings. The molecular formula is C11H11N3O2. The number of imidazole rings is 1. The number of benzene rings is 1. The van der Waals surface area contributed by atoms with Crippen LogP contribution in [0.5, 0.6) is 0 Å². The van der Waals surface area contributed by atoms with Gasteiger partial charge in [-0.1, -0.05) is 0 Å². The SMILES string of the molecule is Cc1c([N+](=O)[O-])cc2c3c1ncn3CCC2. The summed E-state index contributed by atoms with van der Waals surface area (Å²) in [6.45, 7) is 2.73. The number of nitro benzene ring substituents is 1. The summed E-state index contributed by atoms with van der Waals surface area (Å²) in [4.78, 5) is 14.9. The number of hydrogen-bond acceptors (Lipinski definition) is 3. The molecule has 0 saturated heterocycles. The van der Waals surface area contributed by atoms with Gasteiger partial charge in [0.25, 0.3) is 5.69 Å². The Bertz CT molecular complexity index is 601. The van der Waals surface area contributed by atoms with Crippen molar-refractivity contribution in [2.75, 3.05) is 0 Å². The highest BCUT2D eigenvalue weighted by Crippen LogP contribution is 2.32. The molecule has 1 aromatic carbocycles. The topological polar surface area (TPSA) is 61.0 Å². The van der Waals surface area contributed by atoms with Gasteiger partial charge in [0.1, 0.15) is 0 Å². The van der Waals surface area contributed by atoms with Crippen molar-refractivity contribution in [2.24, 2.45) is 0 Å². The van der Waals surface area contributed by atoms with Gasteiger partial charge in [-0.15, -0.1) is 0 Å². The molecule has 5 heteroatoms. The lowest BCUT2D eigenvalue weighted by Crippen LogP contribution is -2.07. The first kappa shape index (κ1) is 9.33. The number of nitro groups is 1. The smallest absolute Gasteiger partial charge is 0.274 e. The summed E-state index contributed by atoms with van der Waals surface area (Å²) in [5, 5.41) is 10.9. The summed E-state index contributed by atoms with van der Waals surface area (Å²) in [6.07, 6.45) is 3.71. The second-order valence-corrected chi connectivity index (χ2v) is 4.18. The average molecular weight is 217 g/mol. The van der Waals surface area contributed by atoms with E-state index in [0.717, 1.165) is 36.0 Å². The Hall–Kier alpha value is -1.91. The second-order valence-electron chi connectivity index (χ2n) is 4.18. The molecule has 0 amide bonds. The number of rotatable bonds is 1. The molecule has 3 rings (SSSR count). The molecule has 1 aliphatic heterocycles. The molecule has 2 heterocycles. The van der Waals surface area contributed by atoms with Crippen LogP contribution < -0.4 is 0 Å². The lowest BCUT2D eigenvalue weighted by molar-refractivity contribution is -0.385. The van der Waals surface area contributed by atoms with Crippen LogP contribution in [0.25, 0.3) is 11.0 Å². The lowest BCUT2D eigenvalue weighted by Gasteiger charge is -2.14. The molecule has 16 heavy (non-hydrogen) atoms. The minimum atomic E-state index is -0.321. The Kier molecular flexibility index (Phi) is 1.77. The molecule has 2 aromatic rings. The summed E-state index contributed by atoms with van der Waals surface area (Å²) >= 11 is 0. The number of hydrogen-bond donors (Lipinski definition) is 0. The van der Waals surface area contributed by atoms with E-state index in [4.69, 9.17) is 0 Å². The van der Waals surface area contributed by atoms with Gasteiger partial charge in [0.05, 0.1) is 27.8 Å². The zero-order valence-corrected chi connectivity index (χ0v) is 8.93. The van der Waals surface area contributed by atoms with Crippen molar-refractivity contribution in [3.63, 3.8) is 0 Å². The van der Waals surface area contributed by atoms with Crippen molar-refractivity contribution < 1.29 is 4.92 Å². The third-order valence-corrected chi connectivity index (χ3v) is 3.23. The van der Waals surface area contributed by atoms with Gasteiger partial charge >= 0.3 is 0 Å². The van der Waals surface area contributed by atoms with Crippen LogP contribution in [0, 0.1) is 17.0 Å². The molecule has 0 spiro atoms. The van der Waals surface area contributed by atoms with Gasteiger partial charge in [-0.05, 0) is 25.3 Å². The fourth-order valence-electron chi connectivity index (χ4n) is 2.45. The van der Waals surface area contributed by atoms with E-state index >= 15 is 0 Å². The summed E-state index contributed by atoms with van der Waals surface area (Å²) in [5.41, 5.74) is 3.77. The van der Waals surface area contributed by atoms with Crippen LogP contribution in [0.1, 0.15) is 17.5 Å². The molecular weight excluding hydrogens is 206 g/mol. The highest BCUT2D eigenvalue weighted by molar-refractivity contribution is 5.86. The predicted molar refractivity (Wildman–Crippen MR) is 59.4 cm³/mol. The molecule has 0 saturated carbocycles. The highest BCUT2D eigenvalue weighted by Gasteiger charge is 2.22. The van der Waals surface area contributed by atoms with Crippen LogP contribution in [0.4, 0.5) is 5.69 Å². The molecule has 5 nitrogen and oxygen atoms in total. The van der Waals surface area contributed by atoms with Gasteiger partial charge in [0, 0.05) is 12.6 Å². The first-order chi connectivity index (χ1) is 7.68. The minimum Gasteiger partial charge on any atom is -0.330 e. The first-order valence-corrected chi connectivity index (χ1v) is 5.30. The molecule has 0 fully saturated rings. The van der Waals surface area contributed by atoms with Gasteiger partial charge in [-0.25, -0.2) is 4.98 Å². The van der Waals surface area contributed by atoms with Crippen LogP contribution in [-0.2, 0) is 13.0 Å². The third kappa shape index (κ3) is 1.08. The normalized spacial score (nSPS) is 14.3. The zero-order chi connectivity index (χ0) is 11.3. The first-order valence-electron chi connectivity index (χ1n) is 5.30. The fraction of sp³-hybridized carbons (Fsp3) is 0.364. The molecule has 82 valence electrons. The summed E-state index contributed by atoms with van der Waals surface area (Å²) in [5.74, 6) is 0. The number of aryl methyl sites for hydroxylation is 3. The van der Waals surface area contributed by atoms with Crippen molar-refractivity contribution >= 4 is 16.7 Å². The molecule has 0 unspecified atom stereocenters. The van der Waals surface area contributed by atoms with Crippen LogP contribution in [0.3, 0.4) is 0 Å². The van der Waals surface area contributed by atoms with Crippen LogP contribution in [0.2, 0.25) is 0 Å². The third-order valence-electron chi connectivity index (χ3n) is 3.23. The Morgan fingerprint density at radius 2 is 2.38 bits per heavy atom. The molecule has 0 N–H and O–H groups in total. The van der Waals surface area contributed by atoms with Gasteiger partial charge in [0.15, 0.2) is 0 Å². The van der Waals surface area contributed by atoms with Crippen molar-refractivity contribution in [1.82, 2.24) is 9.55 Å². The summed E-state index contributed by atoms with van der Waals surface area (Å²) in [7, 11) is 0. The maximum absolute atomic E-state index is 10.9. The summed E-state index contributed by atoms with van der Waals surface area (Å²) in [6, 6.07) is 1.70. The Labute approximate surface area is 91.9 Å². The molecule has 0 bridgehead atoms. The van der Waals surface area contributed by atoms with E-state index in [9.17, 15) is 10.1 Å². The lowest BCUT2D eigenvalue weighted by atomic mass is 10.0. The highest BCUT2D eigenvalue weighted by atomic mass is 16.6. The van der Waals surface area contributed by atoms with E-state index in [2.05, 4.69) is 9.55 Å². The Morgan fingerprint density at radius 3 is 3.12 bits per heavy atom. The van der Waals surface area contributed by atoms with Crippen molar-refractivity contribution in [1.29, 1.82) is 0 Å². The molecule has 0 atom stereocenters. The minimum absolute atomic E-state index is 0.189. The fourth-order valence-corrected chi connectivity index (χ4v) is 2.45. The van der Waals surface area contributed by atoms with E-state index in [0.29, 0.717) is 5.56 Å². The standard InChI is InChI=1S/C11H11N3O2/c1-7-9(14(15)16)5-8-3-2-4-13-6-12-10(7)11(8)13/h5-6H,2-4H2,1H3. The van der Waals surface area contributed by atoms with E-state index in [1.807, 2.05) is 0 Å². The zero-order valence-electron chi connectivity index (χ0n) is 8.93. The van der Waals surface area contributed by atoms with Crippen LogP contribution >= 0.6 is 0 Å². The Balaban J connectivity index is 2.43. The van der Waals surface area contributed by atoms with E-state index in [1.54, 1.807) is 19.3 Å². The maximum atomic E-state index is 10.9. The molecule has 0 radical (unpaired) electrons. The second kappa shape index (κ2) is 3.04. The van der Waals surface area contributed by atoms with Gasteiger partial charge in [-0.3, -0.25) is 10.1 Å². The summed E-state index contributed by atoms with van der Waals surface area (Å²) < 4.78 is 2.09. The van der Waals surface area contributed by atoms with E-state index in [1.165, 1.54) is 0 Å². The number of aromatic nitrogens is 2. The maximum Gasteiger partial charge on any atom is 0.274 e. The molecule has 0 aliphatic carbocycles. The average Bonchev–Trinajstić information content (AvgIpc) is 2.68.